The summed E-state index contributed by atoms with van der Waals surface area (Å²) in [7, 11) is 1.29. The number of esters is 1. The van der Waals surface area contributed by atoms with Gasteiger partial charge in [-0.25, -0.2) is 4.79 Å². The van der Waals surface area contributed by atoms with E-state index in [-0.39, 0.29) is 26.9 Å². The van der Waals surface area contributed by atoms with Crippen LogP contribution in [-0.4, -0.2) is 29.5 Å². The van der Waals surface area contributed by atoms with Gasteiger partial charge in [-0.2, -0.15) is 5.10 Å². The second-order valence-corrected chi connectivity index (χ2v) is 10.2. The third-order valence-corrected chi connectivity index (χ3v) is 6.63. The highest BCUT2D eigenvalue weighted by Crippen LogP contribution is 2.39. The van der Waals surface area contributed by atoms with Crippen molar-refractivity contribution in [2.24, 2.45) is 5.10 Å². The van der Waals surface area contributed by atoms with Gasteiger partial charge in [0.05, 0.1) is 22.6 Å². The Morgan fingerprint density at radius 2 is 1.94 bits per heavy atom. The Morgan fingerprint density at radius 1 is 1.24 bits per heavy atom. The molecular weight excluding hydrogens is 490 g/mol. The van der Waals surface area contributed by atoms with Crippen LogP contribution in [0.25, 0.3) is 10.4 Å². The molecule has 0 radical (unpaired) electrons. The van der Waals surface area contributed by atoms with Crippen LogP contribution in [0.3, 0.4) is 0 Å². The van der Waals surface area contributed by atoms with Gasteiger partial charge in [0.15, 0.2) is 5.11 Å². The molecule has 0 fully saturated rings. The average Bonchev–Trinajstić information content (AvgIpc) is 3.16. The molecule has 3 rings (SSSR count). The lowest BCUT2D eigenvalue weighted by atomic mass is 9.86. The zero-order valence-corrected chi connectivity index (χ0v) is 21.7. The Hall–Kier alpha value is -2.94. The smallest absolute Gasteiger partial charge is 0.339 e. The average molecular weight is 516 g/mol. The number of halogens is 1. The maximum atomic E-state index is 11.6. The number of nitrogens with one attached hydrogen (secondary N) is 2. The number of thiophene rings is 1. The number of benzene rings is 2. The number of nitrogens with zero attached hydrogens (tertiary/aromatic N) is 1. The summed E-state index contributed by atoms with van der Waals surface area (Å²) in [5.41, 5.74) is 6.70. The number of ether oxygens (including phenoxy) is 1. The minimum absolute atomic E-state index is 0.0822. The van der Waals surface area contributed by atoms with E-state index in [0.717, 1.165) is 16.0 Å². The molecule has 0 aliphatic carbocycles. The number of methoxy groups -OCH3 is 1. The van der Waals surface area contributed by atoms with Gasteiger partial charge in [-0.1, -0.05) is 56.6 Å². The second-order valence-electron chi connectivity index (χ2n) is 8.53. The number of hydrogen-bond donors (Lipinski definition) is 3. The van der Waals surface area contributed by atoms with Crippen LogP contribution in [0.15, 0.2) is 52.9 Å². The van der Waals surface area contributed by atoms with Gasteiger partial charge in [-0.3, -0.25) is 5.43 Å². The first-order valence-corrected chi connectivity index (χ1v) is 12.1. The van der Waals surface area contributed by atoms with Crippen LogP contribution >= 0.6 is 35.2 Å². The third kappa shape index (κ3) is 6.34. The number of carbonyl (C=O) groups is 1. The number of hydrazone groups is 1. The zero-order chi connectivity index (χ0) is 24.9. The summed E-state index contributed by atoms with van der Waals surface area (Å²) < 4.78 is 4.67. The minimum Gasteiger partial charge on any atom is -0.506 e. The van der Waals surface area contributed by atoms with E-state index >= 15 is 0 Å². The van der Waals surface area contributed by atoms with E-state index in [4.69, 9.17) is 23.8 Å². The Bertz CT molecular complexity index is 1220. The van der Waals surface area contributed by atoms with Gasteiger partial charge in [0.25, 0.3) is 0 Å². The van der Waals surface area contributed by atoms with E-state index in [2.05, 4.69) is 53.5 Å². The van der Waals surface area contributed by atoms with Gasteiger partial charge in [-0.15, -0.1) is 11.3 Å². The van der Waals surface area contributed by atoms with E-state index in [9.17, 15) is 9.90 Å². The van der Waals surface area contributed by atoms with Crippen molar-refractivity contribution < 1.29 is 14.6 Å². The van der Waals surface area contributed by atoms with Crippen molar-refractivity contribution in [1.29, 1.82) is 0 Å². The highest BCUT2D eigenvalue weighted by Gasteiger charge is 2.16. The highest BCUT2D eigenvalue weighted by atomic mass is 35.5. The molecular formula is C25H26ClN3O3S2. The second kappa shape index (κ2) is 11.0. The molecule has 2 aromatic carbocycles. The molecule has 3 N–H and O–H groups in total. The molecule has 0 amide bonds. The lowest BCUT2D eigenvalue weighted by molar-refractivity contribution is 0.0601. The first-order valence-electron chi connectivity index (χ1n) is 10.5. The number of thiocarbonyl (C=S) groups is 1. The standard InChI is InChI=1S/C25H26ClN3O3S2/c1-25(2,3)17-7-5-15(6-8-17)22-21(30)16(14-34-22)11-12-27-29-24(33)28-18-9-10-19(20(26)13-18)23(31)32-4/h5-10,12-14,30H,11H2,1-4H3,(H2,28,29,33). The van der Waals surface area contributed by atoms with Gasteiger partial charge in [0.1, 0.15) is 5.75 Å². The number of anilines is 1. The Balaban J connectivity index is 1.56. The number of rotatable bonds is 6. The third-order valence-electron chi connectivity index (χ3n) is 5.05. The lowest BCUT2D eigenvalue weighted by Gasteiger charge is -2.19. The van der Waals surface area contributed by atoms with Crippen molar-refractivity contribution in [3.05, 3.63) is 69.6 Å². The molecule has 0 saturated heterocycles. The Kier molecular flexibility index (Phi) is 8.30. The monoisotopic (exact) mass is 515 g/mol. The molecule has 0 aliphatic rings. The molecule has 0 spiro atoms. The molecule has 0 saturated carbocycles. The summed E-state index contributed by atoms with van der Waals surface area (Å²) in [6.45, 7) is 6.52. The van der Waals surface area contributed by atoms with Crippen molar-refractivity contribution in [2.75, 3.05) is 12.4 Å². The molecule has 6 nitrogen and oxygen atoms in total. The molecule has 9 heteroatoms. The molecule has 34 heavy (non-hydrogen) atoms. The van der Waals surface area contributed by atoms with E-state index < -0.39 is 5.97 Å². The van der Waals surface area contributed by atoms with Gasteiger partial charge in [0, 0.05) is 23.9 Å². The van der Waals surface area contributed by atoms with Gasteiger partial charge >= 0.3 is 5.97 Å². The maximum absolute atomic E-state index is 11.6. The number of hydrogen-bond acceptors (Lipinski definition) is 6. The van der Waals surface area contributed by atoms with Crippen LogP contribution in [0.5, 0.6) is 5.75 Å². The first-order chi connectivity index (χ1) is 16.1. The van der Waals surface area contributed by atoms with E-state index in [0.29, 0.717) is 12.1 Å². The van der Waals surface area contributed by atoms with Gasteiger partial charge < -0.3 is 15.2 Å². The fraction of sp³-hybridized carbons (Fsp3) is 0.240. The number of carbonyl (C=O) groups excluding carboxylic acids is 1. The topological polar surface area (TPSA) is 83.0 Å². The first kappa shape index (κ1) is 25.7. The summed E-state index contributed by atoms with van der Waals surface area (Å²) in [5, 5.41) is 20.2. The fourth-order valence-corrected chi connectivity index (χ4v) is 4.55. The van der Waals surface area contributed by atoms with Gasteiger partial charge in [-0.05, 0) is 52.3 Å². The summed E-state index contributed by atoms with van der Waals surface area (Å²) >= 11 is 12.8. The van der Waals surface area contributed by atoms with Crippen molar-refractivity contribution in [2.45, 2.75) is 32.6 Å². The van der Waals surface area contributed by atoms with Gasteiger partial charge in [0.2, 0.25) is 0 Å². The quantitative estimate of drug-likeness (QED) is 0.153. The van der Waals surface area contributed by atoms with E-state index in [1.807, 2.05) is 17.5 Å². The molecule has 1 heterocycles. The molecule has 1 aromatic heterocycles. The maximum Gasteiger partial charge on any atom is 0.339 e. The molecule has 0 aliphatic heterocycles. The van der Waals surface area contributed by atoms with E-state index in [1.165, 1.54) is 24.0 Å². The van der Waals surface area contributed by atoms with Crippen LogP contribution in [0.2, 0.25) is 5.02 Å². The van der Waals surface area contributed by atoms with Crippen molar-refractivity contribution in [3.63, 3.8) is 0 Å². The lowest BCUT2D eigenvalue weighted by Crippen LogP contribution is -2.24. The Morgan fingerprint density at radius 3 is 2.56 bits per heavy atom. The minimum atomic E-state index is -0.511. The van der Waals surface area contributed by atoms with Crippen molar-refractivity contribution in [3.8, 4) is 16.2 Å². The fourth-order valence-electron chi connectivity index (χ4n) is 3.13. The zero-order valence-electron chi connectivity index (χ0n) is 19.3. The molecule has 178 valence electrons. The van der Waals surface area contributed by atoms with Crippen LogP contribution < -0.4 is 10.7 Å². The molecule has 0 unspecified atom stereocenters. The predicted molar refractivity (Wildman–Crippen MR) is 144 cm³/mol. The summed E-state index contributed by atoms with van der Waals surface area (Å²) in [6, 6.07) is 13.1. The van der Waals surface area contributed by atoms with Crippen molar-refractivity contribution in [1.82, 2.24) is 5.43 Å². The van der Waals surface area contributed by atoms with E-state index in [1.54, 1.807) is 24.4 Å². The van der Waals surface area contributed by atoms with Crippen LogP contribution in [0.1, 0.15) is 42.3 Å². The SMILES string of the molecule is COC(=O)c1ccc(NC(=S)NN=CCc2csc(-c3ccc(C(C)(C)C)cc3)c2O)cc1Cl. The summed E-state index contributed by atoms with van der Waals surface area (Å²) in [4.78, 5) is 12.4. The van der Waals surface area contributed by atoms with Crippen LogP contribution in [0.4, 0.5) is 5.69 Å². The predicted octanol–water partition coefficient (Wildman–Crippen LogP) is 6.37. The number of aromatic hydroxyl groups is 1. The summed E-state index contributed by atoms with van der Waals surface area (Å²) in [5.74, 6) is -0.246. The normalized spacial score (nSPS) is 11.4. The van der Waals surface area contributed by atoms with Crippen LogP contribution in [0, 0.1) is 0 Å². The summed E-state index contributed by atoms with van der Waals surface area (Å²) in [6.07, 6.45) is 2.08. The molecule has 3 aromatic rings. The molecule has 0 atom stereocenters. The van der Waals surface area contributed by atoms with Crippen molar-refractivity contribution >= 4 is 58.1 Å². The molecule has 0 bridgehead atoms. The Labute approximate surface area is 213 Å². The highest BCUT2D eigenvalue weighted by molar-refractivity contribution is 7.80. The van der Waals surface area contributed by atoms with Crippen LogP contribution in [-0.2, 0) is 16.6 Å². The largest absolute Gasteiger partial charge is 0.506 e.